The first-order valence-electron chi connectivity index (χ1n) is 8.14. The summed E-state index contributed by atoms with van der Waals surface area (Å²) in [6, 6.07) is 5.79. The Morgan fingerprint density at radius 3 is 2.57 bits per heavy atom. The molecule has 2 aliphatic rings. The molecule has 0 bridgehead atoms. The van der Waals surface area contributed by atoms with E-state index in [9.17, 15) is 5.11 Å². The highest BCUT2D eigenvalue weighted by molar-refractivity contribution is 5.45. The highest BCUT2D eigenvalue weighted by Gasteiger charge is 2.38. The van der Waals surface area contributed by atoms with E-state index in [0.717, 1.165) is 25.7 Å². The van der Waals surface area contributed by atoms with Crippen molar-refractivity contribution >= 4 is 0 Å². The van der Waals surface area contributed by atoms with Gasteiger partial charge in [0, 0.05) is 12.0 Å². The van der Waals surface area contributed by atoms with Gasteiger partial charge in [-0.15, -0.1) is 0 Å². The van der Waals surface area contributed by atoms with Crippen LogP contribution in [0.3, 0.4) is 0 Å². The number of hydrogen-bond donors (Lipinski definition) is 2. The van der Waals surface area contributed by atoms with Crippen LogP contribution < -0.4 is 10.5 Å². The van der Waals surface area contributed by atoms with Gasteiger partial charge in [0.2, 0.25) is 0 Å². The van der Waals surface area contributed by atoms with Gasteiger partial charge in [0.15, 0.2) is 11.5 Å². The molecular formula is C18H27NO2. The average molecular weight is 289 g/mol. The number of phenolic OH excluding ortho intramolecular Hbond substituents is 1. The predicted molar refractivity (Wildman–Crippen MR) is 84.7 cm³/mol. The van der Waals surface area contributed by atoms with Gasteiger partial charge in [-0.3, -0.25) is 0 Å². The van der Waals surface area contributed by atoms with Gasteiger partial charge in [0.25, 0.3) is 0 Å². The molecule has 0 aromatic heterocycles. The normalized spacial score (nSPS) is 26.3. The fourth-order valence-corrected chi connectivity index (χ4v) is 3.80. The Morgan fingerprint density at radius 2 is 2.05 bits per heavy atom. The molecule has 21 heavy (non-hydrogen) atoms. The molecule has 0 heterocycles. The van der Waals surface area contributed by atoms with Crippen molar-refractivity contribution in [3.63, 3.8) is 0 Å². The molecule has 2 saturated carbocycles. The predicted octanol–water partition coefficient (Wildman–Crippen LogP) is 3.73. The molecule has 1 atom stereocenters. The number of aromatic hydroxyl groups is 1. The molecule has 1 aromatic rings. The lowest BCUT2D eigenvalue weighted by atomic mass is 9.64. The third kappa shape index (κ3) is 2.76. The topological polar surface area (TPSA) is 55.5 Å². The summed E-state index contributed by atoms with van der Waals surface area (Å²) in [4.78, 5) is 0. The number of ether oxygens (including phenoxy) is 1. The Labute approximate surface area is 127 Å². The molecule has 2 aliphatic carbocycles. The smallest absolute Gasteiger partial charge is 0.161 e. The Balaban J connectivity index is 1.79. The monoisotopic (exact) mass is 289 g/mol. The molecule has 3 nitrogen and oxygen atoms in total. The van der Waals surface area contributed by atoms with E-state index < -0.39 is 0 Å². The fourth-order valence-electron chi connectivity index (χ4n) is 3.80. The summed E-state index contributed by atoms with van der Waals surface area (Å²) in [7, 11) is 0. The Kier molecular flexibility index (Phi) is 3.64. The number of benzene rings is 1. The molecule has 0 radical (unpaired) electrons. The standard InChI is InChI=1S/C18H27NO2/c1-17(2)9-6-14(11-17)21-16-10-13(4-5-15(16)20)18(12-19)7-3-8-18/h4-5,10,14,20H,3,6-9,11-12,19H2,1-2H3. The first kappa shape index (κ1) is 14.7. The van der Waals surface area contributed by atoms with Crippen molar-refractivity contribution in [2.24, 2.45) is 11.1 Å². The quantitative estimate of drug-likeness (QED) is 0.888. The van der Waals surface area contributed by atoms with E-state index in [0.29, 0.717) is 17.7 Å². The molecule has 2 fully saturated rings. The van der Waals surface area contributed by atoms with E-state index in [1.165, 1.54) is 18.4 Å². The minimum absolute atomic E-state index is 0.112. The van der Waals surface area contributed by atoms with Crippen LogP contribution in [0.15, 0.2) is 18.2 Å². The second kappa shape index (κ2) is 5.20. The van der Waals surface area contributed by atoms with Gasteiger partial charge in [-0.05, 0) is 55.2 Å². The lowest BCUT2D eigenvalue weighted by Crippen LogP contribution is -2.41. The zero-order valence-corrected chi connectivity index (χ0v) is 13.2. The van der Waals surface area contributed by atoms with Gasteiger partial charge in [0.05, 0.1) is 6.10 Å². The largest absolute Gasteiger partial charge is 0.504 e. The second-order valence-corrected chi connectivity index (χ2v) is 7.67. The highest BCUT2D eigenvalue weighted by Crippen LogP contribution is 2.46. The third-order valence-electron chi connectivity index (χ3n) is 5.49. The van der Waals surface area contributed by atoms with Crippen LogP contribution in [0.1, 0.15) is 57.9 Å². The van der Waals surface area contributed by atoms with Crippen molar-refractivity contribution in [2.75, 3.05) is 6.54 Å². The summed E-state index contributed by atoms with van der Waals surface area (Å²) < 4.78 is 6.10. The Bertz CT molecular complexity index is 514. The first-order chi connectivity index (χ1) is 9.94. The molecule has 0 aliphatic heterocycles. The molecule has 0 saturated heterocycles. The summed E-state index contributed by atoms with van der Waals surface area (Å²) in [6.45, 7) is 5.24. The SMILES string of the molecule is CC1(C)CCC(Oc2cc(C3(CN)CCC3)ccc2O)C1. The van der Waals surface area contributed by atoms with Crippen LogP contribution in [-0.4, -0.2) is 17.8 Å². The van der Waals surface area contributed by atoms with Crippen LogP contribution in [0.5, 0.6) is 11.5 Å². The van der Waals surface area contributed by atoms with Crippen molar-refractivity contribution < 1.29 is 9.84 Å². The maximum absolute atomic E-state index is 10.1. The van der Waals surface area contributed by atoms with Crippen LogP contribution in [0.2, 0.25) is 0 Å². The zero-order valence-electron chi connectivity index (χ0n) is 13.2. The van der Waals surface area contributed by atoms with Gasteiger partial charge in [-0.25, -0.2) is 0 Å². The number of hydrogen-bond acceptors (Lipinski definition) is 3. The first-order valence-corrected chi connectivity index (χ1v) is 8.14. The van der Waals surface area contributed by atoms with E-state index in [1.54, 1.807) is 6.07 Å². The Morgan fingerprint density at radius 1 is 1.29 bits per heavy atom. The molecule has 1 unspecified atom stereocenters. The van der Waals surface area contributed by atoms with Gasteiger partial charge in [-0.2, -0.15) is 0 Å². The van der Waals surface area contributed by atoms with E-state index in [-0.39, 0.29) is 17.3 Å². The maximum Gasteiger partial charge on any atom is 0.161 e. The summed E-state index contributed by atoms with van der Waals surface area (Å²) in [5.41, 5.74) is 7.67. The fraction of sp³-hybridized carbons (Fsp3) is 0.667. The van der Waals surface area contributed by atoms with Gasteiger partial charge >= 0.3 is 0 Å². The molecule has 3 rings (SSSR count). The molecular weight excluding hydrogens is 262 g/mol. The summed E-state index contributed by atoms with van der Waals surface area (Å²) >= 11 is 0. The minimum Gasteiger partial charge on any atom is -0.504 e. The number of phenols is 1. The summed E-state index contributed by atoms with van der Waals surface area (Å²) in [6.07, 6.45) is 7.05. The lowest BCUT2D eigenvalue weighted by molar-refractivity contribution is 0.184. The van der Waals surface area contributed by atoms with Crippen LogP contribution in [0.4, 0.5) is 0 Å². The molecule has 3 heteroatoms. The van der Waals surface area contributed by atoms with Gasteiger partial charge in [0.1, 0.15) is 0 Å². The molecule has 0 amide bonds. The van der Waals surface area contributed by atoms with Gasteiger partial charge in [-0.1, -0.05) is 26.3 Å². The second-order valence-electron chi connectivity index (χ2n) is 7.67. The number of nitrogens with two attached hydrogens (primary N) is 1. The van der Waals surface area contributed by atoms with E-state index in [4.69, 9.17) is 10.5 Å². The third-order valence-corrected chi connectivity index (χ3v) is 5.49. The number of rotatable bonds is 4. The van der Waals surface area contributed by atoms with Gasteiger partial charge < -0.3 is 15.6 Å². The maximum atomic E-state index is 10.1. The summed E-state index contributed by atoms with van der Waals surface area (Å²) in [5, 5.41) is 10.1. The van der Waals surface area contributed by atoms with Crippen molar-refractivity contribution in [1.29, 1.82) is 0 Å². The van der Waals surface area contributed by atoms with Crippen LogP contribution in [-0.2, 0) is 5.41 Å². The van der Waals surface area contributed by atoms with Crippen LogP contribution >= 0.6 is 0 Å². The Hall–Kier alpha value is -1.22. The van der Waals surface area contributed by atoms with E-state index in [2.05, 4.69) is 13.8 Å². The molecule has 3 N–H and O–H groups in total. The van der Waals surface area contributed by atoms with Crippen LogP contribution in [0, 0.1) is 5.41 Å². The van der Waals surface area contributed by atoms with E-state index in [1.807, 2.05) is 12.1 Å². The van der Waals surface area contributed by atoms with Crippen LogP contribution in [0.25, 0.3) is 0 Å². The van der Waals surface area contributed by atoms with Crippen molar-refractivity contribution in [3.05, 3.63) is 23.8 Å². The van der Waals surface area contributed by atoms with Crippen molar-refractivity contribution in [3.8, 4) is 11.5 Å². The zero-order chi connectivity index (χ0) is 15.1. The van der Waals surface area contributed by atoms with Crippen molar-refractivity contribution in [1.82, 2.24) is 0 Å². The van der Waals surface area contributed by atoms with E-state index >= 15 is 0 Å². The minimum atomic E-state index is 0.112. The molecule has 1 aromatic carbocycles. The molecule has 0 spiro atoms. The highest BCUT2D eigenvalue weighted by atomic mass is 16.5. The molecule has 116 valence electrons. The summed E-state index contributed by atoms with van der Waals surface area (Å²) in [5.74, 6) is 0.880. The average Bonchev–Trinajstić information content (AvgIpc) is 2.72. The lowest BCUT2D eigenvalue weighted by Gasteiger charge is -2.41. The van der Waals surface area contributed by atoms with Crippen molar-refractivity contribution in [2.45, 2.75) is 63.9 Å².